The molecule has 0 unspecified atom stereocenters. The van der Waals surface area contributed by atoms with E-state index in [0.717, 1.165) is 11.3 Å². The largest absolute Gasteiger partial charge is 0.465 e. The summed E-state index contributed by atoms with van der Waals surface area (Å²) in [6.45, 7) is 3.78. The summed E-state index contributed by atoms with van der Waals surface area (Å²) in [5, 5.41) is 0.149. The molecule has 0 amide bonds. The normalized spacial score (nSPS) is 11.8. The number of ether oxygens (including phenoxy) is 1. The van der Waals surface area contributed by atoms with Gasteiger partial charge in [-0.2, -0.15) is 0 Å². The first-order valence-electron chi connectivity index (χ1n) is 8.20. The van der Waals surface area contributed by atoms with Crippen molar-refractivity contribution in [3.63, 3.8) is 0 Å². The standard InChI is InChI=1S/C18H17ClN2O5S2/c1-10(2)21-15-7-5-12(9-16(15)27-18(21)23)28(24,25)20-11-4-6-14(19)13(8-11)17(22)26-3/h4-10,20H,1-3H3. The van der Waals surface area contributed by atoms with Crippen molar-refractivity contribution in [1.29, 1.82) is 0 Å². The number of anilines is 1. The van der Waals surface area contributed by atoms with Crippen LogP contribution < -0.4 is 9.60 Å². The summed E-state index contributed by atoms with van der Waals surface area (Å²) in [6, 6.07) is 8.63. The minimum absolute atomic E-state index is 0.00623. The lowest BCUT2D eigenvalue weighted by Gasteiger charge is -2.11. The Morgan fingerprint density at radius 2 is 1.93 bits per heavy atom. The Bertz CT molecular complexity index is 1230. The van der Waals surface area contributed by atoms with E-state index < -0.39 is 16.0 Å². The molecule has 0 saturated heterocycles. The number of methoxy groups -OCH3 is 1. The van der Waals surface area contributed by atoms with Crippen molar-refractivity contribution in [2.45, 2.75) is 24.8 Å². The van der Waals surface area contributed by atoms with Crippen molar-refractivity contribution < 1.29 is 17.9 Å². The minimum Gasteiger partial charge on any atom is -0.465 e. The van der Waals surface area contributed by atoms with Gasteiger partial charge in [0.1, 0.15) is 0 Å². The Balaban J connectivity index is 2.00. The molecule has 0 fully saturated rings. The highest BCUT2D eigenvalue weighted by atomic mass is 35.5. The SMILES string of the molecule is COC(=O)c1cc(NS(=O)(=O)c2ccc3c(c2)sc(=O)n3C(C)C)ccc1Cl. The molecule has 148 valence electrons. The molecule has 1 heterocycles. The quantitative estimate of drug-likeness (QED) is 0.607. The van der Waals surface area contributed by atoms with Crippen LogP contribution in [0.5, 0.6) is 0 Å². The first kappa shape index (κ1) is 20.4. The maximum absolute atomic E-state index is 12.8. The first-order valence-corrected chi connectivity index (χ1v) is 10.9. The van der Waals surface area contributed by atoms with Gasteiger partial charge >= 0.3 is 10.8 Å². The van der Waals surface area contributed by atoms with Crippen LogP contribution in [0, 0.1) is 0 Å². The molecule has 7 nitrogen and oxygen atoms in total. The van der Waals surface area contributed by atoms with Gasteiger partial charge in [0.2, 0.25) is 0 Å². The summed E-state index contributed by atoms with van der Waals surface area (Å²) >= 11 is 6.95. The number of esters is 1. The molecule has 3 rings (SSSR count). The van der Waals surface area contributed by atoms with E-state index in [1.54, 1.807) is 10.6 Å². The van der Waals surface area contributed by atoms with E-state index in [9.17, 15) is 18.0 Å². The van der Waals surface area contributed by atoms with Gasteiger partial charge in [-0.05, 0) is 50.2 Å². The van der Waals surface area contributed by atoms with Crippen LogP contribution in [0.25, 0.3) is 10.2 Å². The highest BCUT2D eigenvalue weighted by Crippen LogP contribution is 2.27. The second-order valence-electron chi connectivity index (χ2n) is 6.25. The third-order valence-electron chi connectivity index (χ3n) is 4.04. The fourth-order valence-corrected chi connectivity index (χ4v) is 5.14. The molecule has 0 spiro atoms. The monoisotopic (exact) mass is 440 g/mol. The maximum Gasteiger partial charge on any atom is 0.339 e. The second-order valence-corrected chi connectivity index (χ2v) is 9.34. The fraction of sp³-hybridized carbons (Fsp3) is 0.222. The summed E-state index contributed by atoms with van der Waals surface area (Å²) < 4.78 is 34.8. The predicted molar refractivity (Wildman–Crippen MR) is 110 cm³/mol. The zero-order valence-electron chi connectivity index (χ0n) is 15.2. The molecule has 1 aromatic heterocycles. The number of rotatable bonds is 5. The molecule has 0 bridgehead atoms. The number of halogens is 1. The molecule has 0 aliphatic heterocycles. The second kappa shape index (κ2) is 7.57. The Morgan fingerprint density at radius 3 is 2.57 bits per heavy atom. The van der Waals surface area contributed by atoms with E-state index in [0.29, 0.717) is 10.2 Å². The van der Waals surface area contributed by atoms with Crippen LogP contribution >= 0.6 is 22.9 Å². The molecule has 0 saturated carbocycles. The van der Waals surface area contributed by atoms with Crippen molar-refractivity contribution in [2.24, 2.45) is 0 Å². The van der Waals surface area contributed by atoms with Crippen molar-refractivity contribution in [3.05, 3.63) is 56.7 Å². The van der Waals surface area contributed by atoms with Gasteiger partial charge in [0.15, 0.2) is 0 Å². The van der Waals surface area contributed by atoms with Crippen LogP contribution in [0.3, 0.4) is 0 Å². The number of sulfonamides is 1. The maximum atomic E-state index is 12.8. The number of carbonyl (C=O) groups is 1. The Hall–Kier alpha value is -2.36. The minimum atomic E-state index is -3.94. The van der Waals surface area contributed by atoms with Gasteiger partial charge in [0, 0.05) is 11.7 Å². The number of fused-ring (bicyclic) bond motifs is 1. The Labute approximate surface area is 170 Å². The number of carbonyl (C=O) groups excluding carboxylic acids is 1. The summed E-state index contributed by atoms with van der Waals surface area (Å²) in [5.41, 5.74) is 0.897. The first-order chi connectivity index (χ1) is 13.1. The Kier molecular flexibility index (Phi) is 5.51. The Morgan fingerprint density at radius 1 is 1.21 bits per heavy atom. The number of thiazole rings is 1. The topological polar surface area (TPSA) is 94.5 Å². The van der Waals surface area contributed by atoms with E-state index >= 15 is 0 Å². The molecule has 1 N–H and O–H groups in total. The molecule has 0 aliphatic carbocycles. The average Bonchev–Trinajstić information content (AvgIpc) is 2.97. The van der Waals surface area contributed by atoms with Gasteiger partial charge in [0.05, 0.1) is 32.8 Å². The van der Waals surface area contributed by atoms with Crippen LogP contribution in [-0.2, 0) is 14.8 Å². The number of hydrogen-bond donors (Lipinski definition) is 1. The number of hydrogen-bond acceptors (Lipinski definition) is 6. The highest BCUT2D eigenvalue weighted by Gasteiger charge is 2.19. The summed E-state index contributed by atoms with van der Waals surface area (Å²) in [4.78, 5) is 23.8. The smallest absolute Gasteiger partial charge is 0.339 e. The summed E-state index contributed by atoms with van der Waals surface area (Å²) in [7, 11) is -2.73. The molecular weight excluding hydrogens is 424 g/mol. The fourth-order valence-electron chi connectivity index (χ4n) is 2.74. The van der Waals surface area contributed by atoms with E-state index in [1.165, 1.54) is 37.4 Å². The van der Waals surface area contributed by atoms with E-state index in [1.807, 2.05) is 13.8 Å². The van der Waals surface area contributed by atoms with Crippen molar-refractivity contribution in [3.8, 4) is 0 Å². The van der Waals surface area contributed by atoms with E-state index in [-0.39, 0.29) is 32.1 Å². The third-order valence-corrected chi connectivity index (χ3v) is 6.66. The average molecular weight is 441 g/mol. The van der Waals surface area contributed by atoms with E-state index in [2.05, 4.69) is 9.46 Å². The molecule has 0 atom stereocenters. The highest BCUT2D eigenvalue weighted by molar-refractivity contribution is 7.92. The molecule has 3 aromatic rings. The van der Waals surface area contributed by atoms with Gasteiger partial charge in [0.25, 0.3) is 10.0 Å². The summed E-state index contributed by atoms with van der Waals surface area (Å²) in [5.74, 6) is -0.674. The zero-order chi connectivity index (χ0) is 20.6. The summed E-state index contributed by atoms with van der Waals surface area (Å²) in [6.07, 6.45) is 0. The molecular formula is C18H17ClN2O5S2. The molecule has 0 aliphatic rings. The van der Waals surface area contributed by atoms with Crippen LogP contribution in [0.4, 0.5) is 5.69 Å². The van der Waals surface area contributed by atoms with Crippen molar-refractivity contribution in [2.75, 3.05) is 11.8 Å². The number of nitrogens with zero attached hydrogens (tertiary/aromatic N) is 1. The van der Waals surface area contributed by atoms with Gasteiger partial charge < -0.3 is 4.74 Å². The number of benzene rings is 2. The van der Waals surface area contributed by atoms with Gasteiger partial charge in [-0.3, -0.25) is 14.1 Å². The van der Waals surface area contributed by atoms with Gasteiger partial charge in [-0.15, -0.1) is 0 Å². The lowest BCUT2D eigenvalue weighted by atomic mass is 10.2. The molecule has 10 heteroatoms. The molecule has 0 radical (unpaired) electrons. The molecule has 2 aromatic carbocycles. The van der Waals surface area contributed by atoms with Crippen LogP contribution in [0.2, 0.25) is 5.02 Å². The third kappa shape index (κ3) is 3.78. The van der Waals surface area contributed by atoms with Gasteiger partial charge in [-0.25, -0.2) is 13.2 Å². The molecule has 28 heavy (non-hydrogen) atoms. The van der Waals surface area contributed by atoms with Crippen LogP contribution in [0.15, 0.2) is 46.1 Å². The zero-order valence-corrected chi connectivity index (χ0v) is 17.6. The lowest BCUT2D eigenvalue weighted by Crippen LogP contribution is -2.15. The van der Waals surface area contributed by atoms with Crippen molar-refractivity contribution >= 4 is 54.8 Å². The lowest BCUT2D eigenvalue weighted by molar-refractivity contribution is 0.0601. The van der Waals surface area contributed by atoms with E-state index in [4.69, 9.17) is 11.6 Å². The van der Waals surface area contributed by atoms with Gasteiger partial charge in [-0.1, -0.05) is 22.9 Å². The van der Waals surface area contributed by atoms with Crippen LogP contribution in [0.1, 0.15) is 30.2 Å². The predicted octanol–water partition coefficient (Wildman–Crippen LogP) is 3.88. The number of nitrogens with one attached hydrogen (secondary N) is 1. The van der Waals surface area contributed by atoms with Crippen LogP contribution in [-0.4, -0.2) is 26.1 Å². The number of aromatic nitrogens is 1. The van der Waals surface area contributed by atoms with Crippen molar-refractivity contribution in [1.82, 2.24) is 4.57 Å².